The molecule has 3 amide bonds. The van der Waals surface area contributed by atoms with Crippen LogP contribution in [0.1, 0.15) is 77.1 Å². The number of ether oxygens (including phenoxy) is 2. The number of amides is 3. The monoisotopic (exact) mass is 736 g/mol. The summed E-state index contributed by atoms with van der Waals surface area (Å²) in [5, 5.41) is 5.64. The van der Waals surface area contributed by atoms with Crippen LogP contribution >= 0.6 is 0 Å². The van der Waals surface area contributed by atoms with Crippen LogP contribution < -0.4 is 10.6 Å². The lowest BCUT2D eigenvalue weighted by molar-refractivity contribution is -0.135. The summed E-state index contributed by atoms with van der Waals surface area (Å²) in [6.45, 7) is 13.8. The van der Waals surface area contributed by atoms with Crippen LogP contribution in [0.4, 0.5) is 9.59 Å². The van der Waals surface area contributed by atoms with E-state index >= 15 is 0 Å². The molecule has 0 radical (unpaired) electrons. The smallest absolute Gasteiger partial charge is 0.407 e. The summed E-state index contributed by atoms with van der Waals surface area (Å²) >= 11 is 0. The van der Waals surface area contributed by atoms with Crippen LogP contribution in [0.2, 0.25) is 0 Å². The van der Waals surface area contributed by atoms with Crippen molar-refractivity contribution in [3.8, 4) is 33.6 Å². The predicted molar refractivity (Wildman–Crippen MR) is 207 cm³/mol. The summed E-state index contributed by atoms with van der Waals surface area (Å²) in [4.78, 5) is 58.0. The van der Waals surface area contributed by atoms with Crippen molar-refractivity contribution < 1.29 is 23.9 Å². The Hall–Kier alpha value is -5.59. The summed E-state index contributed by atoms with van der Waals surface area (Å²) in [6.07, 6.45) is 6.21. The van der Waals surface area contributed by atoms with E-state index in [1.807, 2.05) is 31.1 Å². The molecule has 2 aromatic carbocycles. The van der Waals surface area contributed by atoms with E-state index < -0.39 is 18.2 Å². The first-order valence-electron chi connectivity index (χ1n) is 18.7. The molecule has 0 spiro atoms. The van der Waals surface area contributed by atoms with E-state index in [-0.39, 0.29) is 35.9 Å². The van der Waals surface area contributed by atoms with Crippen LogP contribution in [0, 0.1) is 11.8 Å². The zero-order valence-electron chi connectivity index (χ0n) is 32.0. The van der Waals surface area contributed by atoms with Crippen molar-refractivity contribution in [2.75, 3.05) is 27.3 Å². The highest BCUT2D eigenvalue weighted by molar-refractivity contribution is 5.86. The van der Waals surface area contributed by atoms with E-state index in [1.54, 1.807) is 0 Å². The maximum atomic E-state index is 13.5. The van der Waals surface area contributed by atoms with Gasteiger partial charge in [-0.1, -0.05) is 82.8 Å². The molecule has 13 nitrogen and oxygen atoms in total. The average molecular weight is 737 g/mol. The third kappa shape index (κ3) is 8.14. The van der Waals surface area contributed by atoms with Gasteiger partial charge in [-0.15, -0.1) is 0 Å². The average Bonchev–Trinajstić information content (AvgIpc) is 4.02. The molecule has 2 saturated heterocycles. The van der Waals surface area contributed by atoms with Gasteiger partial charge in [-0.3, -0.25) is 4.79 Å². The maximum absolute atomic E-state index is 13.5. The van der Waals surface area contributed by atoms with Gasteiger partial charge in [-0.25, -0.2) is 19.6 Å². The molecular formula is C41H52N8O5. The number of methoxy groups -OCH3 is 2. The SMILES string of the molecule is C=C(C(NC(=O)OC)C(C)C)N1CCCC1c1ncc(-c2ccc(-c3ccc(-c4cnc(C5CCCN5C(=O)[C@@H](NC(=O)OC)C(C)C)[nH]4)cc3)cc2)[nH]1. The quantitative estimate of drug-likeness (QED) is 0.119. The Morgan fingerprint density at radius 2 is 1.09 bits per heavy atom. The Balaban J connectivity index is 1.11. The Labute approximate surface area is 316 Å². The molecular weight excluding hydrogens is 685 g/mol. The summed E-state index contributed by atoms with van der Waals surface area (Å²) in [6, 6.07) is 15.7. The molecule has 54 heavy (non-hydrogen) atoms. The van der Waals surface area contributed by atoms with Gasteiger partial charge in [0, 0.05) is 18.8 Å². The fourth-order valence-electron chi connectivity index (χ4n) is 7.58. The molecule has 0 aliphatic carbocycles. The van der Waals surface area contributed by atoms with Crippen molar-refractivity contribution in [2.24, 2.45) is 11.8 Å². The molecule has 286 valence electrons. The number of aromatic nitrogens is 4. The van der Waals surface area contributed by atoms with Crippen molar-refractivity contribution in [3.05, 3.63) is 84.8 Å². The van der Waals surface area contributed by atoms with Crippen LogP contribution in [0.25, 0.3) is 33.6 Å². The van der Waals surface area contributed by atoms with Crippen LogP contribution in [0.3, 0.4) is 0 Å². The minimum absolute atomic E-state index is 0.0443. The third-order valence-electron chi connectivity index (χ3n) is 10.6. The van der Waals surface area contributed by atoms with Gasteiger partial charge in [-0.2, -0.15) is 0 Å². The number of H-pyrrole nitrogens is 2. The first kappa shape index (κ1) is 38.1. The number of imidazole rings is 2. The van der Waals surface area contributed by atoms with E-state index in [9.17, 15) is 14.4 Å². The number of nitrogens with one attached hydrogen (secondary N) is 4. The topological polar surface area (TPSA) is 158 Å². The fraction of sp³-hybridized carbons (Fsp3) is 0.439. The molecule has 6 rings (SSSR count). The minimum Gasteiger partial charge on any atom is -0.453 e. The van der Waals surface area contributed by atoms with Crippen molar-refractivity contribution in [2.45, 2.75) is 77.5 Å². The molecule has 0 saturated carbocycles. The normalized spacial score (nSPS) is 18.1. The van der Waals surface area contributed by atoms with Crippen molar-refractivity contribution in [3.63, 3.8) is 0 Å². The van der Waals surface area contributed by atoms with Crippen molar-refractivity contribution in [1.82, 2.24) is 40.4 Å². The number of aromatic amines is 2. The Kier molecular flexibility index (Phi) is 11.7. The van der Waals surface area contributed by atoms with E-state index in [2.05, 4.69) is 99.4 Å². The number of carbonyl (C=O) groups is 3. The largest absolute Gasteiger partial charge is 0.453 e. The number of nitrogens with zero attached hydrogens (tertiary/aromatic N) is 4. The highest BCUT2D eigenvalue weighted by Gasteiger charge is 2.38. The second-order valence-corrected chi connectivity index (χ2v) is 14.8. The molecule has 2 aliphatic heterocycles. The van der Waals surface area contributed by atoms with E-state index in [0.29, 0.717) is 6.54 Å². The molecule has 13 heteroatoms. The molecule has 4 aromatic rings. The lowest BCUT2D eigenvalue weighted by atomic mass is 10.00. The van der Waals surface area contributed by atoms with E-state index in [4.69, 9.17) is 14.5 Å². The highest BCUT2D eigenvalue weighted by atomic mass is 16.5. The summed E-state index contributed by atoms with van der Waals surface area (Å²) in [5.41, 5.74) is 6.88. The molecule has 2 aliphatic rings. The first-order chi connectivity index (χ1) is 26.0. The standard InChI is InChI=1S/C41H52N8O5/c1-24(2)35(46-40(51)53-6)26(5)48-20-8-10-33(48)37-42-22-31(44-37)29-16-12-27(13-17-29)28-14-18-30(19-15-28)32-23-43-38(45-32)34-11-9-21-49(34)39(50)36(25(3)4)47-41(52)54-7/h12-19,22-25,33-36H,5,8-11,20-21H2,1-4,6-7H3,(H,42,44)(H,43,45)(H,46,51)(H,47,52)/t33?,34?,35?,36-/m0/s1. The second-order valence-electron chi connectivity index (χ2n) is 14.8. The molecule has 2 aromatic heterocycles. The van der Waals surface area contributed by atoms with Crippen molar-refractivity contribution in [1.29, 1.82) is 0 Å². The van der Waals surface area contributed by atoms with Gasteiger partial charge in [0.1, 0.15) is 17.7 Å². The number of rotatable bonds is 12. The number of hydrogen-bond donors (Lipinski definition) is 4. The fourth-order valence-corrected chi connectivity index (χ4v) is 7.58. The molecule has 4 N–H and O–H groups in total. The van der Waals surface area contributed by atoms with E-state index in [0.717, 1.165) is 83.2 Å². The predicted octanol–water partition coefficient (Wildman–Crippen LogP) is 7.21. The first-order valence-corrected chi connectivity index (χ1v) is 18.7. The summed E-state index contributed by atoms with van der Waals surface area (Å²) in [7, 11) is 2.66. The van der Waals surface area contributed by atoms with Gasteiger partial charge in [0.2, 0.25) is 5.91 Å². The molecule has 4 heterocycles. The summed E-state index contributed by atoms with van der Waals surface area (Å²) in [5.74, 6) is 1.54. The van der Waals surface area contributed by atoms with Gasteiger partial charge in [0.15, 0.2) is 0 Å². The van der Waals surface area contributed by atoms with Gasteiger partial charge < -0.3 is 39.9 Å². The third-order valence-corrected chi connectivity index (χ3v) is 10.6. The van der Waals surface area contributed by atoms with Gasteiger partial charge in [0.05, 0.1) is 56.1 Å². The van der Waals surface area contributed by atoms with Gasteiger partial charge >= 0.3 is 12.2 Å². The summed E-state index contributed by atoms with van der Waals surface area (Å²) < 4.78 is 9.62. The second kappa shape index (κ2) is 16.6. The Bertz CT molecular complexity index is 1790. The van der Waals surface area contributed by atoms with Crippen LogP contribution in [0.15, 0.2) is 73.2 Å². The number of alkyl carbamates (subject to hydrolysis) is 2. The van der Waals surface area contributed by atoms with Crippen LogP contribution in [-0.4, -0.2) is 87.2 Å². The number of likely N-dealkylation sites (tertiary alicyclic amines) is 2. The lowest BCUT2D eigenvalue weighted by Crippen LogP contribution is -2.51. The maximum Gasteiger partial charge on any atom is 0.407 e. The van der Waals surface area contributed by atoms with Crippen LogP contribution in [0.5, 0.6) is 0 Å². The number of benzene rings is 2. The van der Waals surface area contributed by atoms with E-state index in [1.165, 1.54) is 14.2 Å². The Morgan fingerprint density at radius 1 is 0.685 bits per heavy atom. The highest BCUT2D eigenvalue weighted by Crippen LogP contribution is 2.37. The zero-order valence-corrected chi connectivity index (χ0v) is 32.0. The minimum atomic E-state index is -0.679. The van der Waals surface area contributed by atoms with Gasteiger partial charge in [0.25, 0.3) is 0 Å². The Morgan fingerprint density at radius 3 is 1.54 bits per heavy atom. The molecule has 4 atom stereocenters. The van der Waals surface area contributed by atoms with Gasteiger partial charge in [-0.05, 0) is 59.8 Å². The molecule has 2 fully saturated rings. The lowest BCUT2D eigenvalue weighted by Gasteiger charge is -2.34. The zero-order chi connectivity index (χ0) is 38.5. The van der Waals surface area contributed by atoms with Crippen LogP contribution in [-0.2, 0) is 14.3 Å². The molecule has 3 unspecified atom stereocenters. The van der Waals surface area contributed by atoms with Crippen molar-refractivity contribution >= 4 is 18.1 Å². The number of hydrogen-bond acceptors (Lipinski definition) is 8. The number of carbonyl (C=O) groups excluding carboxylic acids is 3. The molecule has 0 bridgehead atoms.